The summed E-state index contributed by atoms with van der Waals surface area (Å²) in [5.41, 5.74) is 5.28. The molecule has 0 radical (unpaired) electrons. The lowest BCUT2D eigenvalue weighted by atomic mass is 10.2. The summed E-state index contributed by atoms with van der Waals surface area (Å²) < 4.78 is 37.4. The molecule has 0 spiro atoms. The number of benzene rings is 1. The number of halogens is 3. The molecule has 94 valence electrons. The molecule has 0 heterocycles. The molecule has 0 bridgehead atoms. The minimum Gasteiger partial charge on any atom is -0.332 e. The molecular weight excluding hydrogens is 233 g/mol. The van der Waals surface area contributed by atoms with Crippen LogP contribution in [0.4, 0.5) is 13.2 Å². The molecule has 0 unspecified atom stereocenters. The smallest absolute Gasteiger partial charge is 0.255 e. The number of carbonyl (C=O) groups excluding carboxylic acids is 1. The molecule has 0 aliphatic carbocycles. The maximum absolute atomic E-state index is 12.9. The second-order valence-corrected chi connectivity index (χ2v) is 3.44. The first-order valence-electron chi connectivity index (χ1n) is 5.07. The predicted octanol–water partition coefficient (Wildman–Crippen LogP) is 1.49. The molecule has 1 aromatic carbocycles. The third-order valence-electron chi connectivity index (χ3n) is 2.12. The molecule has 1 amide bonds. The van der Waals surface area contributed by atoms with E-state index in [0.29, 0.717) is 0 Å². The van der Waals surface area contributed by atoms with E-state index in [2.05, 4.69) is 0 Å². The summed E-state index contributed by atoms with van der Waals surface area (Å²) in [6, 6.07) is 4.92. The molecule has 0 aliphatic heterocycles. The topological polar surface area (TPSA) is 46.3 Å². The molecule has 0 aromatic heterocycles. The monoisotopic (exact) mass is 246 g/mol. The van der Waals surface area contributed by atoms with E-state index in [-0.39, 0.29) is 18.7 Å². The highest BCUT2D eigenvalue weighted by Crippen LogP contribution is 2.09. The third kappa shape index (κ3) is 4.07. The van der Waals surface area contributed by atoms with E-state index in [0.717, 1.165) is 11.0 Å². The normalized spacial score (nSPS) is 10.6. The van der Waals surface area contributed by atoms with Crippen molar-refractivity contribution in [3.63, 3.8) is 0 Å². The number of nitrogens with two attached hydrogens (primary N) is 1. The zero-order valence-corrected chi connectivity index (χ0v) is 9.07. The van der Waals surface area contributed by atoms with Gasteiger partial charge < -0.3 is 10.6 Å². The molecule has 2 N–H and O–H groups in total. The summed E-state index contributed by atoms with van der Waals surface area (Å²) in [5, 5.41) is 0. The lowest BCUT2D eigenvalue weighted by Crippen LogP contribution is -2.38. The molecular formula is C11H13F3N2O. The Labute approximate surface area is 97.0 Å². The van der Waals surface area contributed by atoms with Crippen LogP contribution in [0, 0.1) is 5.82 Å². The van der Waals surface area contributed by atoms with Gasteiger partial charge in [-0.15, -0.1) is 0 Å². The van der Waals surface area contributed by atoms with Gasteiger partial charge in [-0.05, 0) is 18.2 Å². The molecule has 0 aliphatic rings. The van der Waals surface area contributed by atoms with Crippen LogP contribution >= 0.6 is 0 Å². The lowest BCUT2D eigenvalue weighted by Gasteiger charge is -2.21. The largest absolute Gasteiger partial charge is 0.332 e. The average molecular weight is 246 g/mol. The zero-order chi connectivity index (χ0) is 12.8. The third-order valence-corrected chi connectivity index (χ3v) is 2.12. The number of hydrogen-bond donors (Lipinski definition) is 1. The van der Waals surface area contributed by atoms with Crippen LogP contribution in [-0.4, -0.2) is 36.9 Å². The number of hydrogen-bond acceptors (Lipinski definition) is 2. The van der Waals surface area contributed by atoms with Crippen molar-refractivity contribution >= 4 is 5.91 Å². The number of amides is 1. The van der Waals surface area contributed by atoms with Gasteiger partial charge in [-0.3, -0.25) is 4.79 Å². The van der Waals surface area contributed by atoms with Gasteiger partial charge in [-0.2, -0.15) is 0 Å². The van der Waals surface area contributed by atoms with Gasteiger partial charge in [0.25, 0.3) is 12.3 Å². The standard InChI is InChI=1S/C11H13F3N2O/c12-9-3-1-2-8(6-9)11(17)16(5-4-15)7-10(13)14/h1-3,6,10H,4-5,7,15H2. The van der Waals surface area contributed by atoms with Crippen LogP contribution in [0.15, 0.2) is 24.3 Å². The summed E-state index contributed by atoms with van der Waals surface area (Å²) >= 11 is 0. The van der Waals surface area contributed by atoms with Crippen molar-refractivity contribution in [2.45, 2.75) is 6.43 Å². The second kappa shape index (κ2) is 6.24. The molecule has 1 rings (SSSR count). The highest BCUT2D eigenvalue weighted by molar-refractivity contribution is 5.94. The molecule has 6 heteroatoms. The van der Waals surface area contributed by atoms with Gasteiger partial charge in [-0.25, -0.2) is 13.2 Å². The van der Waals surface area contributed by atoms with E-state index < -0.39 is 24.7 Å². The number of rotatable bonds is 5. The first-order chi connectivity index (χ1) is 8.04. The molecule has 0 fully saturated rings. The fourth-order valence-electron chi connectivity index (χ4n) is 1.40. The van der Waals surface area contributed by atoms with Crippen molar-refractivity contribution < 1.29 is 18.0 Å². The Hall–Kier alpha value is -1.56. The number of alkyl halides is 2. The van der Waals surface area contributed by atoms with E-state index in [1.165, 1.54) is 18.2 Å². The second-order valence-electron chi connectivity index (χ2n) is 3.44. The first-order valence-corrected chi connectivity index (χ1v) is 5.07. The van der Waals surface area contributed by atoms with Crippen LogP contribution in [-0.2, 0) is 0 Å². The molecule has 0 atom stereocenters. The van der Waals surface area contributed by atoms with Crippen molar-refractivity contribution in [1.82, 2.24) is 4.90 Å². The summed E-state index contributed by atoms with van der Waals surface area (Å²) in [4.78, 5) is 12.7. The molecule has 0 saturated carbocycles. The van der Waals surface area contributed by atoms with Crippen molar-refractivity contribution in [1.29, 1.82) is 0 Å². The van der Waals surface area contributed by atoms with Gasteiger partial charge in [0.05, 0.1) is 6.54 Å². The molecule has 1 aromatic rings. The highest BCUT2D eigenvalue weighted by Gasteiger charge is 2.19. The maximum atomic E-state index is 12.9. The quantitative estimate of drug-likeness (QED) is 0.855. The van der Waals surface area contributed by atoms with Gasteiger partial charge in [-0.1, -0.05) is 6.07 Å². The van der Waals surface area contributed by atoms with Crippen molar-refractivity contribution in [2.75, 3.05) is 19.6 Å². The first kappa shape index (κ1) is 13.5. The lowest BCUT2D eigenvalue weighted by molar-refractivity contribution is 0.0562. The van der Waals surface area contributed by atoms with Crippen LogP contribution in [0.5, 0.6) is 0 Å². The summed E-state index contributed by atoms with van der Waals surface area (Å²) in [6.07, 6.45) is -2.64. The predicted molar refractivity (Wildman–Crippen MR) is 57.4 cm³/mol. The van der Waals surface area contributed by atoms with Gasteiger partial charge >= 0.3 is 0 Å². The zero-order valence-electron chi connectivity index (χ0n) is 9.07. The van der Waals surface area contributed by atoms with E-state index in [4.69, 9.17) is 5.73 Å². The van der Waals surface area contributed by atoms with Gasteiger partial charge in [0.15, 0.2) is 0 Å². The fraction of sp³-hybridized carbons (Fsp3) is 0.364. The fourth-order valence-corrected chi connectivity index (χ4v) is 1.40. The molecule has 17 heavy (non-hydrogen) atoms. The SMILES string of the molecule is NCCN(CC(F)F)C(=O)c1cccc(F)c1. The Morgan fingerprint density at radius 2 is 2.12 bits per heavy atom. The highest BCUT2D eigenvalue weighted by atomic mass is 19.3. The molecule has 3 nitrogen and oxygen atoms in total. The van der Waals surface area contributed by atoms with E-state index in [9.17, 15) is 18.0 Å². The van der Waals surface area contributed by atoms with Crippen molar-refractivity contribution in [3.05, 3.63) is 35.6 Å². The summed E-state index contributed by atoms with van der Waals surface area (Å²) in [7, 11) is 0. The van der Waals surface area contributed by atoms with Crippen LogP contribution in [0.2, 0.25) is 0 Å². The van der Waals surface area contributed by atoms with E-state index in [1.807, 2.05) is 0 Å². The Bertz CT molecular complexity index is 385. The average Bonchev–Trinajstić information content (AvgIpc) is 2.27. The maximum Gasteiger partial charge on any atom is 0.255 e. The van der Waals surface area contributed by atoms with Gasteiger partial charge in [0.1, 0.15) is 5.82 Å². The Kier molecular flexibility index (Phi) is 4.96. The van der Waals surface area contributed by atoms with E-state index >= 15 is 0 Å². The summed E-state index contributed by atoms with van der Waals surface area (Å²) in [6.45, 7) is -0.611. The van der Waals surface area contributed by atoms with Crippen LogP contribution in [0.25, 0.3) is 0 Å². The number of nitrogens with zero attached hydrogens (tertiary/aromatic N) is 1. The minimum absolute atomic E-state index is 0.0136. The minimum atomic E-state index is -2.64. The van der Waals surface area contributed by atoms with Crippen molar-refractivity contribution in [3.8, 4) is 0 Å². The molecule has 0 saturated heterocycles. The Morgan fingerprint density at radius 1 is 1.41 bits per heavy atom. The Balaban J connectivity index is 2.83. The Morgan fingerprint density at radius 3 is 2.65 bits per heavy atom. The van der Waals surface area contributed by atoms with Gasteiger partial charge in [0.2, 0.25) is 0 Å². The summed E-state index contributed by atoms with van der Waals surface area (Å²) in [5.74, 6) is -1.23. The number of carbonyl (C=O) groups is 1. The van der Waals surface area contributed by atoms with Crippen LogP contribution in [0.1, 0.15) is 10.4 Å². The van der Waals surface area contributed by atoms with Gasteiger partial charge in [0, 0.05) is 18.7 Å². The van der Waals surface area contributed by atoms with Crippen molar-refractivity contribution in [2.24, 2.45) is 5.73 Å². The van der Waals surface area contributed by atoms with Crippen LogP contribution < -0.4 is 5.73 Å². The van der Waals surface area contributed by atoms with E-state index in [1.54, 1.807) is 0 Å². The van der Waals surface area contributed by atoms with Crippen LogP contribution in [0.3, 0.4) is 0 Å².